The van der Waals surface area contributed by atoms with E-state index >= 15 is 0 Å². The molecule has 1 aliphatic rings. The number of pyridine rings is 1. The fourth-order valence-corrected chi connectivity index (χ4v) is 3.71. The molecule has 7 nitrogen and oxygen atoms in total. The normalized spacial score (nSPS) is 15.5. The first-order valence-electron chi connectivity index (χ1n) is 9.69. The predicted molar refractivity (Wildman–Crippen MR) is 109 cm³/mol. The molecule has 2 N–H and O–H groups in total. The molecule has 0 fully saturated rings. The highest BCUT2D eigenvalue weighted by Gasteiger charge is 2.38. The van der Waals surface area contributed by atoms with Gasteiger partial charge in [-0.3, -0.25) is 4.79 Å². The number of nitrogens with zero attached hydrogens (tertiary/aromatic N) is 1. The average Bonchev–Trinajstić information content (AvgIpc) is 2.73. The van der Waals surface area contributed by atoms with Gasteiger partial charge in [-0.1, -0.05) is 25.5 Å². The third-order valence-corrected chi connectivity index (χ3v) is 5.08. The first-order valence-corrected chi connectivity index (χ1v) is 9.69. The van der Waals surface area contributed by atoms with Crippen LogP contribution in [-0.4, -0.2) is 31.4 Å². The van der Waals surface area contributed by atoms with Gasteiger partial charge in [0.2, 0.25) is 5.88 Å². The maximum atomic E-state index is 13.6. The zero-order valence-electron chi connectivity index (χ0n) is 17.2. The van der Waals surface area contributed by atoms with Crippen LogP contribution in [0.1, 0.15) is 36.1 Å². The van der Waals surface area contributed by atoms with Crippen molar-refractivity contribution in [1.82, 2.24) is 4.57 Å². The SMILES string of the molecule is CCCc1cc2c(c(=O)n1CCOC)C(c1ccc(F)cc1)C(C(=O)OC)=C(N)O2. The first-order chi connectivity index (χ1) is 14.4. The van der Waals surface area contributed by atoms with Gasteiger partial charge in [-0.15, -0.1) is 0 Å². The largest absolute Gasteiger partial charge is 0.465 e. The highest BCUT2D eigenvalue weighted by Crippen LogP contribution is 2.41. The molecule has 30 heavy (non-hydrogen) atoms. The first kappa shape index (κ1) is 21.6. The van der Waals surface area contributed by atoms with Crippen LogP contribution in [0.15, 0.2) is 46.6 Å². The number of hydrogen-bond acceptors (Lipinski definition) is 6. The maximum absolute atomic E-state index is 13.6. The summed E-state index contributed by atoms with van der Waals surface area (Å²) >= 11 is 0. The molecule has 3 rings (SSSR count). The molecule has 1 aromatic carbocycles. The van der Waals surface area contributed by atoms with Crippen molar-refractivity contribution in [1.29, 1.82) is 0 Å². The van der Waals surface area contributed by atoms with E-state index in [-0.39, 0.29) is 28.3 Å². The lowest BCUT2D eigenvalue weighted by Crippen LogP contribution is -2.36. The van der Waals surface area contributed by atoms with Gasteiger partial charge in [0.1, 0.15) is 17.1 Å². The molecule has 0 aliphatic carbocycles. The lowest BCUT2D eigenvalue weighted by atomic mass is 9.83. The lowest BCUT2D eigenvalue weighted by Gasteiger charge is -2.29. The van der Waals surface area contributed by atoms with Crippen molar-refractivity contribution in [2.45, 2.75) is 32.2 Å². The molecule has 2 heterocycles. The van der Waals surface area contributed by atoms with E-state index in [1.54, 1.807) is 17.7 Å². The summed E-state index contributed by atoms with van der Waals surface area (Å²) in [4.78, 5) is 26.1. The Morgan fingerprint density at radius 2 is 1.97 bits per heavy atom. The highest BCUT2D eigenvalue weighted by molar-refractivity contribution is 5.92. The topological polar surface area (TPSA) is 92.8 Å². The summed E-state index contributed by atoms with van der Waals surface area (Å²) in [5, 5.41) is 0. The van der Waals surface area contributed by atoms with Gasteiger partial charge in [0.25, 0.3) is 5.56 Å². The van der Waals surface area contributed by atoms with E-state index in [1.165, 1.54) is 31.4 Å². The minimum atomic E-state index is -0.848. The van der Waals surface area contributed by atoms with Crippen LogP contribution in [0.2, 0.25) is 0 Å². The summed E-state index contributed by atoms with van der Waals surface area (Å²) in [6.45, 7) is 2.70. The third-order valence-electron chi connectivity index (χ3n) is 5.08. The summed E-state index contributed by atoms with van der Waals surface area (Å²) in [6.07, 6.45) is 1.48. The number of aryl methyl sites for hydroxylation is 1. The predicted octanol–water partition coefficient (Wildman–Crippen LogP) is 2.45. The molecule has 1 aliphatic heterocycles. The van der Waals surface area contributed by atoms with Gasteiger partial charge in [-0.05, 0) is 24.1 Å². The smallest absolute Gasteiger partial charge is 0.340 e. The molecule has 1 unspecified atom stereocenters. The van der Waals surface area contributed by atoms with E-state index in [1.807, 2.05) is 6.92 Å². The van der Waals surface area contributed by atoms with E-state index in [0.29, 0.717) is 25.1 Å². The second-order valence-electron chi connectivity index (χ2n) is 6.97. The number of rotatable bonds is 7. The molecule has 0 saturated carbocycles. The number of benzene rings is 1. The van der Waals surface area contributed by atoms with Crippen molar-refractivity contribution in [3.8, 4) is 5.75 Å². The van der Waals surface area contributed by atoms with Crippen molar-refractivity contribution in [2.75, 3.05) is 20.8 Å². The Hall–Kier alpha value is -3.13. The zero-order chi connectivity index (χ0) is 21.8. The van der Waals surface area contributed by atoms with Crippen molar-refractivity contribution >= 4 is 5.97 Å². The van der Waals surface area contributed by atoms with Crippen LogP contribution < -0.4 is 16.0 Å². The number of esters is 1. The number of fused-ring (bicyclic) bond motifs is 1. The fraction of sp³-hybridized carbons (Fsp3) is 0.364. The van der Waals surface area contributed by atoms with Crippen LogP contribution in [0.5, 0.6) is 5.75 Å². The summed E-state index contributed by atoms with van der Waals surface area (Å²) in [7, 11) is 2.78. The molecular weight excluding hydrogens is 391 g/mol. The number of nitrogens with two attached hydrogens (primary N) is 1. The number of carbonyl (C=O) groups excluding carboxylic acids is 1. The minimum Gasteiger partial charge on any atom is -0.465 e. The molecular formula is C22H25FN2O5. The van der Waals surface area contributed by atoms with E-state index in [0.717, 1.165) is 12.1 Å². The van der Waals surface area contributed by atoms with Crippen LogP contribution in [0.25, 0.3) is 0 Å². The van der Waals surface area contributed by atoms with Gasteiger partial charge in [0, 0.05) is 25.4 Å². The summed E-state index contributed by atoms with van der Waals surface area (Å²) in [5.74, 6) is -1.85. The Kier molecular flexibility index (Phi) is 6.56. The third kappa shape index (κ3) is 3.95. The molecule has 2 aromatic rings. The average molecular weight is 416 g/mol. The van der Waals surface area contributed by atoms with Crippen molar-refractivity contribution in [2.24, 2.45) is 5.73 Å². The Morgan fingerprint density at radius 3 is 2.57 bits per heavy atom. The number of carbonyl (C=O) groups is 1. The van der Waals surface area contributed by atoms with Gasteiger partial charge in [-0.2, -0.15) is 0 Å². The van der Waals surface area contributed by atoms with Gasteiger partial charge < -0.3 is 24.5 Å². The van der Waals surface area contributed by atoms with Gasteiger partial charge >= 0.3 is 5.97 Å². The van der Waals surface area contributed by atoms with Crippen LogP contribution in [-0.2, 0) is 27.2 Å². The van der Waals surface area contributed by atoms with E-state index in [2.05, 4.69) is 0 Å². The number of methoxy groups -OCH3 is 2. The molecule has 160 valence electrons. The number of hydrogen-bond donors (Lipinski definition) is 1. The van der Waals surface area contributed by atoms with Crippen LogP contribution in [0, 0.1) is 5.82 Å². The second kappa shape index (κ2) is 9.13. The number of aromatic nitrogens is 1. The lowest BCUT2D eigenvalue weighted by molar-refractivity contribution is -0.136. The second-order valence-corrected chi connectivity index (χ2v) is 6.97. The molecule has 1 aromatic heterocycles. The molecule has 0 bridgehead atoms. The monoisotopic (exact) mass is 416 g/mol. The molecule has 8 heteroatoms. The van der Waals surface area contributed by atoms with Crippen molar-refractivity contribution < 1.29 is 23.4 Å². The van der Waals surface area contributed by atoms with E-state index < -0.39 is 17.7 Å². The van der Waals surface area contributed by atoms with Gasteiger partial charge in [-0.25, -0.2) is 9.18 Å². The Bertz CT molecular complexity index is 1030. The van der Waals surface area contributed by atoms with Crippen LogP contribution in [0.4, 0.5) is 4.39 Å². The van der Waals surface area contributed by atoms with Gasteiger partial charge in [0.15, 0.2) is 0 Å². The molecule has 0 radical (unpaired) electrons. The molecule has 0 saturated heterocycles. The highest BCUT2D eigenvalue weighted by atomic mass is 19.1. The van der Waals surface area contributed by atoms with E-state index in [9.17, 15) is 14.0 Å². The van der Waals surface area contributed by atoms with E-state index in [4.69, 9.17) is 19.9 Å². The summed E-state index contributed by atoms with van der Waals surface area (Å²) in [5.41, 5.74) is 7.34. The summed E-state index contributed by atoms with van der Waals surface area (Å²) in [6, 6.07) is 7.34. The van der Waals surface area contributed by atoms with Crippen LogP contribution in [0.3, 0.4) is 0 Å². The fourth-order valence-electron chi connectivity index (χ4n) is 3.71. The van der Waals surface area contributed by atoms with Gasteiger partial charge in [0.05, 0.1) is 25.2 Å². The molecule has 1 atom stereocenters. The minimum absolute atomic E-state index is 0.00948. The Labute approximate surface area is 173 Å². The standard InChI is InChI=1S/C22H25FN2O5/c1-4-5-15-12-16-18(21(26)25(15)10-11-28-2)17(13-6-8-14(23)9-7-13)19(20(24)30-16)22(27)29-3/h6-9,12,17H,4-5,10-11,24H2,1-3H3. The van der Waals surface area contributed by atoms with Crippen molar-refractivity contribution in [3.05, 3.63) is 74.8 Å². The number of ether oxygens (including phenoxy) is 3. The number of halogens is 1. The quantitative estimate of drug-likeness (QED) is 0.697. The Balaban J connectivity index is 2.29. The summed E-state index contributed by atoms with van der Waals surface area (Å²) < 4.78 is 30.9. The molecule has 0 spiro atoms. The van der Waals surface area contributed by atoms with Crippen molar-refractivity contribution in [3.63, 3.8) is 0 Å². The Morgan fingerprint density at radius 1 is 1.27 bits per heavy atom. The zero-order valence-corrected chi connectivity index (χ0v) is 17.2. The van der Waals surface area contributed by atoms with Crippen LogP contribution >= 0.6 is 0 Å². The maximum Gasteiger partial charge on any atom is 0.340 e. The molecule has 0 amide bonds.